The molecule has 0 aliphatic carbocycles. The van der Waals surface area contributed by atoms with E-state index in [0.717, 1.165) is 12.5 Å². The number of hydrogen-bond acceptors (Lipinski definition) is 4. The number of pyridine rings is 1. The molecule has 1 fully saturated rings. The molecule has 18 heavy (non-hydrogen) atoms. The summed E-state index contributed by atoms with van der Waals surface area (Å²) in [5, 5.41) is 11.8. The molecule has 1 atom stereocenters. The minimum absolute atomic E-state index is 0.0707. The van der Waals surface area contributed by atoms with E-state index in [9.17, 15) is 8.78 Å². The molecular weight excluding hydrogens is 240 g/mol. The molecule has 0 amide bonds. The summed E-state index contributed by atoms with van der Waals surface area (Å²) in [6.07, 6.45) is 0.797. The van der Waals surface area contributed by atoms with Gasteiger partial charge in [-0.2, -0.15) is 0 Å². The Hall–Kier alpha value is -1.43. The molecule has 0 bridgehead atoms. The predicted molar refractivity (Wildman–Crippen MR) is 65.7 cm³/mol. The van der Waals surface area contributed by atoms with Crippen molar-refractivity contribution in [1.29, 1.82) is 0 Å². The molecule has 2 rings (SSSR count). The second-order valence-corrected chi connectivity index (χ2v) is 4.44. The van der Waals surface area contributed by atoms with Gasteiger partial charge in [-0.3, -0.25) is 0 Å². The lowest BCUT2D eigenvalue weighted by Gasteiger charge is -2.19. The van der Waals surface area contributed by atoms with Gasteiger partial charge in [-0.05, 0) is 13.3 Å². The van der Waals surface area contributed by atoms with E-state index < -0.39 is 11.6 Å². The second-order valence-electron chi connectivity index (χ2n) is 4.44. The van der Waals surface area contributed by atoms with Crippen molar-refractivity contribution in [1.82, 2.24) is 4.98 Å². The molecular formula is C12H17F2N3O. The molecule has 1 unspecified atom stereocenters. The molecule has 1 aliphatic heterocycles. The van der Waals surface area contributed by atoms with E-state index in [-0.39, 0.29) is 24.2 Å². The molecule has 0 spiro atoms. The van der Waals surface area contributed by atoms with Gasteiger partial charge in [0.05, 0.1) is 0 Å². The highest BCUT2D eigenvalue weighted by Gasteiger charge is 2.26. The average Bonchev–Trinajstić information content (AvgIpc) is 2.81. The van der Waals surface area contributed by atoms with Crippen LogP contribution in [-0.4, -0.2) is 36.3 Å². The third kappa shape index (κ3) is 2.53. The van der Waals surface area contributed by atoms with E-state index >= 15 is 0 Å². The first-order valence-corrected chi connectivity index (χ1v) is 6.11. The Kier molecular flexibility index (Phi) is 3.96. The lowest BCUT2D eigenvalue weighted by atomic mass is 10.1. The highest BCUT2D eigenvalue weighted by molar-refractivity contribution is 5.49. The Morgan fingerprint density at radius 2 is 2.28 bits per heavy atom. The molecule has 1 saturated heterocycles. The number of anilines is 2. The van der Waals surface area contributed by atoms with Gasteiger partial charge in [0.25, 0.3) is 0 Å². The quantitative estimate of drug-likeness (QED) is 0.860. The van der Waals surface area contributed by atoms with Crippen molar-refractivity contribution < 1.29 is 13.9 Å². The predicted octanol–water partition coefficient (Wildman–Crippen LogP) is 1.61. The SMILES string of the molecule is CCNc1nc(N2CCC(CO)C2)c(F)cc1F. The van der Waals surface area contributed by atoms with Gasteiger partial charge in [-0.1, -0.05) is 0 Å². The zero-order valence-corrected chi connectivity index (χ0v) is 10.3. The largest absolute Gasteiger partial charge is 0.396 e. The Labute approximate surface area is 105 Å². The van der Waals surface area contributed by atoms with Gasteiger partial charge in [-0.15, -0.1) is 0 Å². The van der Waals surface area contributed by atoms with Gasteiger partial charge >= 0.3 is 0 Å². The van der Waals surface area contributed by atoms with Gasteiger partial charge in [0.2, 0.25) is 0 Å². The van der Waals surface area contributed by atoms with Crippen LogP contribution in [0.4, 0.5) is 20.4 Å². The summed E-state index contributed by atoms with van der Waals surface area (Å²) < 4.78 is 27.1. The summed E-state index contributed by atoms with van der Waals surface area (Å²) in [6, 6.07) is 0.854. The second kappa shape index (κ2) is 5.48. The zero-order valence-electron chi connectivity index (χ0n) is 10.3. The highest BCUT2D eigenvalue weighted by Crippen LogP contribution is 2.27. The minimum Gasteiger partial charge on any atom is -0.396 e. The van der Waals surface area contributed by atoms with Crippen LogP contribution in [0.25, 0.3) is 0 Å². The molecule has 1 aliphatic rings. The first-order chi connectivity index (χ1) is 8.65. The van der Waals surface area contributed by atoms with Crippen molar-refractivity contribution in [2.45, 2.75) is 13.3 Å². The number of aliphatic hydroxyl groups excluding tert-OH is 1. The maximum absolute atomic E-state index is 13.7. The fourth-order valence-electron chi connectivity index (χ4n) is 2.14. The number of hydrogen-bond donors (Lipinski definition) is 2. The molecule has 100 valence electrons. The third-order valence-electron chi connectivity index (χ3n) is 3.10. The molecule has 2 heterocycles. The Balaban J connectivity index is 2.24. The zero-order chi connectivity index (χ0) is 13.1. The van der Waals surface area contributed by atoms with E-state index in [4.69, 9.17) is 5.11 Å². The Bertz CT molecular complexity index is 428. The molecule has 4 nitrogen and oxygen atoms in total. The number of halogens is 2. The van der Waals surface area contributed by atoms with E-state index in [1.807, 2.05) is 6.92 Å². The number of nitrogens with one attached hydrogen (secondary N) is 1. The lowest BCUT2D eigenvalue weighted by molar-refractivity contribution is 0.238. The first kappa shape index (κ1) is 13.0. The van der Waals surface area contributed by atoms with Crippen molar-refractivity contribution in [2.75, 3.05) is 36.5 Å². The molecule has 0 saturated carbocycles. The van der Waals surface area contributed by atoms with E-state index in [0.29, 0.717) is 19.6 Å². The summed E-state index contributed by atoms with van der Waals surface area (Å²) in [4.78, 5) is 5.74. The summed E-state index contributed by atoms with van der Waals surface area (Å²) >= 11 is 0. The molecule has 1 aromatic heterocycles. The third-order valence-corrected chi connectivity index (χ3v) is 3.10. The van der Waals surface area contributed by atoms with Crippen molar-refractivity contribution in [3.63, 3.8) is 0 Å². The van der Waals surface area contributed by atoms with Crippen LogP contribution in [0.1, 0.15) is 13.3 Å². The standard InChI is InChI=1S/C12H17F2N3O/c1-2-15-11-9(13)5-10(14)12(16-11)17-4-3-8(6-17)7-18/h5,8,18H,2-4,6-7H2,1H3,(H,15,16). The topological polar surface area (TPSA) is 48.4 Å². The Morgan fingerprint density at radius 1 is 1.50 bits per heavy atom. The summed E-state index contributed by atoms with van der Waals surface area (Å²) in [6.45, 7) is 3.61. The van der Waals surface area contributed by atoms with Crippen LogP contribution in [-0.2, 0) is 0 Å². The summed E-state index contributed by atoms with van der Waals surface area (Å²) in [7, 11) is 0. The molecule has 0 aromatic carbocycles. The van der Waals surface area contributed by atoms with Crippen molar-refractivity contribution in [2.24, 2.45) is 5.92 Å². The monoisotopic (exact) mass is 257 g/mol. The Morgan fingerprint density at radius 3 is 2.89 bits per heavy atom. The maximum Gasteiger partial charge on any atom is 0.168 e. The number of aromatic nitrogens is 1. The number of rotatable bonds is 4. The summed E-state index contributed by atoms with van der Waals surface area (Å²) in [5.74, 6) is -0.979. The van der Waals surface area contributed by atoms with Crippen LogP contribution >= 0.6 is 0 Å². The average molecular weight is 257 g/mol. The van der Waals surface area contributed by atoms with E-state index in [1.165, 1.54) is 0 Å². The normalized spacial score (nSPS) is 19.3. The van der Waals surface area contributed by atoms with Gasteiger partial charge in [0, 0.05) is 38.2 Å². The van der Waals surface area contributed by atoms with E-state index in [1.54, 1.807) is 4.90 Å². The van der Waals surface area contributed by atoms with Gasteiger partial charge < -0.3 is 15.3 Å². The molecule has 6 heteroatoms. The van der Waals surface area contributed by atoms with Crippen molar-refractivity contribution in [3.05, 3.63) is 17.7 Å². The van der Waals surface area contributed by atoms with Crippen LogP contribution in [0.5, 0.6) is 0 Å². The first-order valence-electron chi connectivity index (χ1n) is 6.11. The van der Waals surface area contributed by atoms with Crippen molar-refractivity contribution >= 4 is 11.6 Å². The molecule has 1 aromatic rings. The van der Waals surface area contributed by atoms with Crippen LogP contribution < -0.4 is 10.2 Å². The highest BCUT2D eigenvalue weighted by atomic mass is 19.1. The fraction of sp³-hybridized carbons (Fsp3) is 0.583. The minimum atomic E-state index is -0.684. The fourth-order valence-corrected chi connectivity index (χ4v) is 2.14. The van der Waals surface area contributed by atoms with Crippen LogP contribution in [0.3, 0.4) is 0 Å². The number of nitrogens with zero attached hydrogens (tertiary/aromatic N) is 2. The summed E-state index contributed by atoms with van der Waals surface area (Å²) in [5.41, 5.74) is 0. The maximum atomic E-state index is 13.7. The molecule has 0 radical (unpaired) electrons. The van der Waals surface area contributed by atoms with Crippen LogP contribution in [0, 0.1) is 17.6 Å². The van der Waals surface area contributed by atoms with Gasteiger partial charge in [-0.25, -0.2) is 13.8 Å². The number of aliphatic hydroxyl groups is 1. The lowest BCUT2D eigenvalue weighted by Crippen LogP contribution is -2.23. The molecule has 2 N–H and O–H groups in total. The van der Waals surface area contributed by atoms with Crippen LogP contribution in [0.15, 0.2) is 6.07 Å². The smallest absolute Gasteiger partial charge is 0.168 e. The van der Waals surface area contributed by atoms with E-state index in [2.05, 4.69) is 10.3 Å². The van der Waals surface area contributed by atoms with Gasteiger partial charge in [0.15, 0.2) is 23.3 Å². The van der Waals surface area contributed by atoms with Gasteiger partial charge in [0.1, 0.15) is 0 Å². The van der Waals surface area contributed by atoms with Crippen LogP contribution in [0.2, 0.25) is 0 Å². The van der Waals surface area contributed by atoms with Crippen molar-refractivity contribution in [3.8, 4) is 0 Å².